The Bertz CT molecular complexity index is 184. The van der Waals surface area contributed by atoms with E-state index in [9.17, 15) is 0 Å². The SMILES string of the molecule is CCC(CC)NCC(C)(C)N1CCOCC1. The Labute approximate surface area is 101 Å². The molecule has 1 aliphatic heterocycles. The molecule has 0 atom stereocenters. The summed E-state index contributed by atoms with van der Waals surface area (Å²) in [7, 11) is 0. The molecule has 1 rings (SSSR count). The first kappa shape index (κ1) is 13.9. The standard InChI is InChI=1S/C13H28N2O/c1-5-12(6-2)14-11-13(3,4)15-7-9-16-10-8-15/h12,14H,5-11H2,1-4H3. The number of ether oxygens (including phenoxy) is 1. The van der Waals surface area contributed by atoms with Gasteiger partial charge in [-0.1, -0.05) is 13.8 Å². The summed E-state index contributed by atoms with van der Waals surface area (Å²) in [5.41, 5.74) is 0.242. The van der Waals surface area contributed by atoms with E-state index in [2.05, 4.69) is 37.9 Å². The highest BCUT2D eigenvalue weighted by molar-refractivity contribution is 4.86. The van der Waals surface area contributed by atoms with Crippen LogP contribution in [0.2, 0.25) is 0 Å². The average molecular weight is 228 g/mol. The van der Waals surface area contributed by atoms with E-state index in [4.69, 9.17) is 4.74 Å². The molecule has 0 aromatic heterocycles. The lowest BCUT2D eigenvalue weighted by atomic mass is 10.0. The van der Waals surface area contributed by atoms with Gasteiger partial charge in [-0.05, 0) is 26.7 Å². The highest BCUT2D eigenvalue weighted by Crippen LogP contribution is 2.15. The fourth-order valence-electron chi connectivity index (χ4n) is 2.25. The highest BCUT2D eigenvalue weighted by atomic mass is 16.5. The van der Waals surface area contributed by atoms with Crippen molar-refractivity contribution in [3.63, 3.8) is 0 Å². The summed E-state index contributed by atoms with van der Waals surface area (Å²) in [6.45, 7) is 14.1. The highest BCUT2D eigenvalue weighted by Gasteiger charge is 2.28. The zero-order chi connectivity index (χ0) is 12.0. The van der Waals surface area contributed by atoms with Crippen molar-refractivity contribution < 1.29 is 4.74 Å². The van der Waals surface area contributed by atoms with Crippen molar-refractivity contribution in [3.8, 4) is 0 Å². The molecule has 1 aliphatic rings. The van der Waals surface area contributed by atoms with Crippen LogP contribution in [0.3, 0.4) is 0 Å². The van der Waals surface area contributed by atoms with E-state index in [1.54, 1.807) is 0 Å². The molecule has 1 saturated heterocycles. The van der Waals surface area contributed by atoms with E-state index in [-0.39, 0.29) is 5.54 Å². The second kappa shape index (κ2) is 6.58. The lowest BCUT2D eigenvalue weighted by Crippen LogP contribution is -2.55. The van der Waals surface area contributed by atoms with Gasteiger partial charge in [0.2, 0.25) is 0 Å². The average Bonchev–Trinajstić information content (AvgIpc) is 2.31. The smallest absolute Gasteiger partial charge is 0.0594 e. The van der Waals surface area contributed by atoms with Gasteiger partial charge in [0.05, 0.1) is 13.2 Å². The molecule has 0 aromatic carbocycles. The molecule has 0 saturated carbocycles. The van der Waals surface area contributed by atoms with Crippen LogP contribution in [0.25, 0.3) is 0 Å². The summed E-state index contributed by atoms with van der Waals surface area (Å²) in [6.07, 6.45) is 2.44. The predicted molar refractivity (Wildman–Crippen MR) is 68.8 cm³/mol. The predicted octanol–water partition coefficient (Wildman–Crippen LogP) is 1.88. The Balaban J connectivity index is 2.37. The largest absolute Gasteiger partial charge is 0.379 e. The quantitative estimate of drug-likeness (QED) is 0.751. The summed E-state index contributed by atoms with van der Waals surface area (Å²) >= 11 is 0. The summed E-state index contributed by atoms with van der Waals surface area (Å²) in [4.78, 5) is 2.53. The van der Waals surface area contributed by atoms with Gasteiger partial charge >= 0.3 is 0 Å². The molecule has 1 N–H and O–H groups in total. The van der Waals surface area contributed by atoms with Crippen LogP contribution in [0.4, 0.5) is 0 Å². The molecule has 0 amide bonds. The maximum Gasteiger partial charge on any atom is 0.0594 e. The third-order valence-corrected chi connectivity index (χ3v) is 3.68. The molecule has 0 spiro atoms. The van der Waals surface area contributed by atoms with Crippen LogP contribution in [0.15, 0.2) is 0 Å². The van der Waals surface area contributed by atoms with Crippen molar-refractivity contribution in [3.05, 3.63) is 0 Å². The normalized spacial score (nSPS) is 19.3. The van der Waals surface area contributed by atoms with Crippen LogP contribution in [-0.4, -0.2) is 49.3 Å². The van der Waals surface area contributed by atoms with Crippen LogP contribution in [0.1, 0.15) is 40.5 Å². The molecule has 3 nitrogen and oxygen atoms in total. The third kappa shape index (κ3) is 4.04. The minimum absolute atomic E-state index is 0.242. The maximum atomic E-state index is 5.40. The van der Waals surface area contributed by atoms with E-state index in [1.165, 1.54) is 12.8 Å². The summed E-state index contributed by atoms with van der Waals surface area (Å²) in [6, 6.07) is 0.667. The van der Waals surface area contributed by atoms with Gasteiger partial charge in [-0.3, -0.25) is 4.90 Å². The third-order valence-electron chi connectivity index (χ3n) is 3.68. The molecule has 3 heteroatoms. The van der Waals surface area contributed by atoms with Crippen molar-refractivity contribution in [2.75, 3.05) is 32.8 Å². The number of hydrogen-bond donors (Lipinski definition) is 1. The van der Waals surface area contributed by atoms with Crippen molar-refractivity contribution in [1.29, 1.82) is 0 Å². The van der Waals surface area contributed by atoms with Gasteiger partial charge in [-0.25, -0.2) is 0 Å². The molecule has 0 bridgehead atoms. The van der Waals surface area contributed by atoms with E-state index in [1.807, 2.05) is 0 Å². The van der Waals surface area contributed by atoms with Gasteiger partial charge in [0.25, 0.3) is 0 Å². The topological polar surface area (TPSA) is 24.5 Å². The van der Waals surface area contributed by atoms with E-state index < -0.39 is 0 Å². The fourth-order valence-corrected chi connectivity index (χ4v) is 2.25. The van der Waals surface area contributed by atoms with Crippen molar-refractivity contribution >= 4 is 0 Å². The Morgan fingerprint density at radius 3 is 2.25 bits per heavy atom. The number of hydrogen-bond acceptors (Lipinski definition) is 3. The van der Waals surface area contributed by atoms with Crippen molar-refractivity contribution in [2.45, 2.75) is 52.1 Å². The summed E-state index contributed by atoms with van der Waals surface area (Å²) < 4.78 is 5.40. The molecular formula is C13H28N2O. The van der Waals surface area contributed by atoms with Gasteiger partial charge in [-0.15, -0.1) is 0 Å². The van der Waals surface area contributed by atoms with Crippen LogP contribution in [-0.2, 0) is 4.74 Å². The van der Waals surface area contributed by atoms with Crippen LogP contribution in [0.5, 0.6) is 0 Å². The number of morpholine rings is 1. The first-order valence-corrected chi connectivity index (χ1v) is 6.66. The summed E-state index contributed by atoms with van der Waals surface area (Å²) in [5, 5.41) is 3.67. The molecule has 0 unspecified atom stereocenters. The lowest BCUT2D eigenvalue weighted by Gasteiger charge is -2.41. The van der Waals surface area contributed by atoms with Crippen molar-refractivity contribution in [1.82, 2.24) is 10.2 Å². The Morgan fingerprint density at radius 2 is 1.75 bits per heavy atom. The monoisotopic (exact) mass is 228 g/mol. The number of nitrogens with one attached hydrogen (secondary N) is 1. The molecule has 16 heavy (non-hydrogen) atoms. The van der Waals surface area contributed by atoms with Gasteiger partial charge in [-0.2, -0.15) is 0 Å². The zero-order valence-corrected chi connectivity index (χ0v) is 11.4. The molecular weight excluding hydrogens is 200 g/mol. The van der Waals surface area contributed by atoms with Crippen LogP contribution >= 0.6 is 0 Å². The lowest BCUT2D eigenvalue weighted by molar-refractivity contribution is -0.0104. The number of nitrogens with zero attached hydrogens (tertiary/aromatic N) is 1. The van der Waals surface area contributed by atoms with E-state index in [0.717, 1.165) is 32.8 Å². The second-order valence-corrected chi connectivity index (χ2v) is 5.31. The van der Waals surface area contributed by atoms with Crippen molar-refractivity contribution in [2.24, 2.45) is 0 Å². The number of rotatable bonds is 6. The molecule has 0 aliphatic carbocycles. The molecule has 0 radical (unpaired) electrons. The van der Waals surface area contributed by atoms with E-state index in [0.29, 0.717) is 6.04 Å². The Morgan fingerprint density at radius 1 is 1.19 bits per heavy atom. The van der Waals surface area contributed by atoms with E-state index >= 15 is 0 Å². The summed E-state index contributed by atoms with van der Waals surface area (Å²) in [5.74, 6) is 0. The van der Waals surface area contributed by atoms with Gasteiger partial charge in [0.15, 0.2) is 0 Å². The van der Waals surface area contributed by atoms with Gasteiger partial charge in [0, 0.05) is 31.2 Å². The molecule has 1 heterocycles. The van der Waals surface area contributed by atoms with Gasteiger partial charge in [0.1, 0.15) is 0 Å². The maximum absolute atomic E-state index is 5.40. The molecule has 0 aromatic rings. The van der Waals surface area contributed by atoms with Crippen LogP contribution in [0, 0.1) is 0 Å². The second-order valence-electron chi connectivity index (χ2n) is 5.31. The molecule has 96 valence electrons. The molecule has 1 fully saturated rings. The Kier molecular flexibility index (Phi) is 5.73. The first-order chi connectivity index (χ1) is 7.60. The first-order valence-electron chi connectivity index (χ1n) is 6.66. The van der Waals surface area contributed by atoms with Crippen LogP contribution < -0.4 is 5.32 Å². The fraction of sp³-hybridized carbons (Fsp3) is 1.00. The van der Waals surface area contributed by atoms with Gasteiger partial charge < -0.3 is 10.1 Å². The Hall–Kier alpha value is -0.120. The minimum Gasteiger partial charge on any atom is -0.379 e. The zero-order valence-electron chi connectivity index (χ0n) is 11.4. The minimum atomic E-state index is 0.242.